The minimum atomic E-state index is -0.709. The highest BCUT2D eigenvalue weighted by Crippen LogP contribution is 2.48. The van der Waals surface area contributed by atoms with Gasteiger partial charge in [-0.15, -0.1) is 0 Å². The molecule has 2 aromatic rings. The molecule has 2 heterocycles. The minimum Gasteiger partial charge on any atom is -0.507 e. The molecule has 0 saturated carbocycles. The van der Waals surface area contributed by atoms with E-state index in [-0.39, 0.29) is 47.2 Å². The van der Waals surface area contributed by atoms with Crippen molar-refractivity contribution in [3.63, 3.8) is 0 Å². The van der Waals surface area contributed by atoms with E-state index in [4.69, 9.17) is 24.7 Å². The van der Waals surface area contributed by atoms with Gasteiger partial charge in [-0.2, -0.15) is 0 Å². The van der Waals surface area contributed by atoms with Crippen LogP contribution in [0.25, 0.3) is 6.08 Å². The quantitative estimate of drug-likeness (QED) is 0.412. The van der Waals surface area contributed by atoms with Crippen molar-refractivity contribution >= 4 is 29.7 Å². The van der Waals surface area contributed by atoms with E-state index < -0.39 is 29.9 Å². The van der Waals surface area contributed by atoms with Gasteiger partial charge in [-0.3, -0.25) is 14.4 Å². The van der Waals surface area contributed by atoms with Crippen LogP contribution in [0.5, 0.6) is 23.0 Å². The maximum Gasteiger partial charge on any atom is 0.342 e. The Morgan fingerprint density at radius 3 is 2.65 bits per heavy atom. The molecule has 0 radical (unpaired) electrons. The summed E-state index contributed by atoms with van der Waals surface area (Å²) in [4.78, 5) is 49.3. The summed E-state index contributed by atoms with van der Waals surface area (Å²) >= 11 is 0. The first kappa shape index (κ1) is 28.7. The molecule has 0 fully saturated rings. The van der Waals surface area contributed by atoms with E-state index in [0.717, 1.165) is 0 Å². The molecule has 40 heavy (non-hydrogen) atoms. The number of hydrogen-bond acceptors (Lipinski definition) is 9. The molecule has 0 saturated heterocycles. The lowest BCUT2D eigenvalue weighted by Gasteiger charge is -2.28. The highest BCUT2D eigenvalue weighted by molar-refractivity contribution is 5.98. The summed E-state index contributed by atoms with van der Waals surface area (Å²) in [7, 11) is 1.43. The van der Waals surface area contributed by atoms with Gasteiger partial charge >= 0.3 is 11.9 Å². The number of amides is 1. The molecule has 0 spiro atoms. The largest absolute Gasteiger partial charge is 0.507 e. The van der Waals surface area contributed by atoms with Gasteiger partial charge < -0.3 is 29.8 Å². The molecule has 0 aromatic heterocycles. The van der Waals surface area contributed by atoms with Crippen molar-refractivity contribution in [1.82, 2.24) is 0 Å². The number of phenolic OH excluding ortho intramolecular Hbond substituents is 1. The molecule has 2 unspecified atom stereocenters. The Labute approximate surface area is 232 Å². The number of esters is 2. The van der Waals surface area contributed by atoms with E-state index in [2.05, 4.69) is 0 Å². The number of Topliss-reactive ketones (excluding diaryl/α,β-unsaturated/α-hetero) is 1. The molecule has 212 valence electrons. The Balaban J connectivity index is 1.78. The van der Waals surface area contributed by atoms with E-state index in [1.54, 1.807) is 37.3 Å². The SMILES string of the molecule is COc1cc(C2CC(=O)Oc3cc4c(c(O)c32)C(=O)OC(C)CCCC(=O)CCCC=C4)ccc1OCC(N)=O. The summed E-state index contributed by atoms with van der Waals surface area (Å²) in [6.07, 6.45) is 6.20. The number of aromatic hydroxyl groups is 1. The molecule has 2 aromatic carbocycles. The molecule has 1 amide bonds. The number of fused-ring (bicyclic) bond motifs is 2. The smallest absolute Gasteiger partial charge is 0.342 e. The number of ether oxygens (including phenoxy) is 4. The van der Waals surface area contributed by atoms with Gasteiger partial charge in [-0.25, -0.2) is 4.79 Å². The van der Waals surface area contributed by atoms with Gasteiger partial charge in [0.15, 0.2) is 18.1 Å². The topological polar surface area (TPSA) is 151 Å². The van der Waals surface area contributed by atoms with Crippen LogP contribution in [0.3, 0.4) is 0 Å². The first-order valence-electron chi connectivity index (χ1n) is 13.3. The normalized spacial score (nSPS) is 19.9. The molecule has 0 aliphatic carbocycles. The molecule has 2 aliphatic rings. The number of allylic oxidation sites excluding steroid dienone is 1. The summed E-state index contributed by atoms with van der Waals surface area (Å²) in [6, 6.07) is 6.45. The highest BCUT2D eigenvalue weighted by Gasteiger charge is 2.36. The maximum atomic E-state index is 13.4. The van der Waals surface area contributed by atoms with Crippen LogP contribution in [-0.4, -0.2) is 48.6 Å². The van der Waals surface area contributed by atoms with Crippen LogP contribution in [0.1, 0.15) is 84.8 Å². The number of cyclic esters (lactones) is 1. The van der Waals surface area contributed by atoms with Gasteiger partial charge in [-0.1, -0.05) is 18.2 Å². The van der Waals surface area contributed by atoms with Gasteiger partial charge in [0, 0.05) is 24.3 Å². The van der Waals surface area contributed by atoms with Gasteiger partial charge in [0.05, 0.1) is 19.6 Å². The standard InChI is InChI=1S/C30H33NO9/c1-17-7-6-10-20(32)9-5-3-4-8-19-14-24-28(29(35)27(19)30(36)39-17)21(15-26(34)40-24)18-11-12-22(23(13-18)37-2)38-16-25(31)33/h4,8,11-14,17,21,35H,3,5-7,9-10,15-16H2,1-2H3,(H2,31,33). The van der Waals surface area contributed by atoms with Crippen molar-refractivity contribution in [2.45, 2.75) is 63.9 Å². The van der Waals surface area contributed by atoms with Crippen LogP contribution in [0, 0.1) is 0 Å². The fourth-order valence-electron chi connectivity index (χ4n) is 4.97. The molecule has 4 rings (SSSR count). The minimum absolute atomic E-state index is 0.0219. The van der Waals surface area contributed by atoms with Gasteiger partial charge in [-0.05, 0) is 61.9 Å². The van der Waals surface area contributed by atoms with Crippen molar-refractivity contribution in [3.05, 3.63) is 52.6 Å². The monoisotopic (exact) mass is 551 g/mol. The number of benzene rings is 2. The lowest BCUT2D eigenvalue weighted by Crippen LogP contribution is -2.23. The molecular formula is C30H33NO9. The number of hydrogen-bond donors (Lipinski definition) is 2. The summed E-state index contributed by atoms with van der Waals surface area (Å²) in [5.41, 5.74) is 6.37. The predicted molar refractivity (Wildman–Crippen MR) is 145 cm³/mol. The van der Waals surface area contributed by atoms with E-state index in [1.807, 2.05) is 6.08 Å². The van der Waals surface area contributed by atoms with Crippen LogP contribution < -0.4 is 19.9 Å². The van der Waals surface area contributed by atoms with Crippen molar-refractivity contribution in [1.29, 1.82) is 0 Å². The Morgan fingerprint density at radius 1 is 1.12 bits per heavy atom. The Morgan fingerprint density at radius 2 is 1.90 bits per heavy atom. The van der Waals surface area contributed by atoms with Gasteiger partial charge in [0.25, 0.3) is 5.91 Å². The molecule has 3 N–H and O–H groups in total. The number of primary amides is 1. The average molecular weight is 552 g/mol. The second-order valence-corrected chi connectivity index (χ2v) is 9.94. The van der Waals surface area contributed by atoms with Crippen LogP contribution in [-0.2, 0) is 19.1 Å². The fraction of sp³-hybridized carbons (Fsp3) is 0.400. The zero-order valence-electron chi connectivity index (χ0n) is 22.6. The Hall–Kier alpha value is -4.34. The van der Waals surface area contributed by atoms with Crippen molar-refractivity contribution < 1.29 is 43.2 Å². The van der Waals surface area contributed by atoms with Crippen LogP contribution in [0.15, 0.2) is 30.3 Å². The van der Waals surface area contributed by atoms with E-state index in [1.165, 1.54) is 7.11 Å². The van der Waals surface area contributed by atoms with Crippen molar-refractivity contribution in [3.8, 4) is 23.0 Å². The average Bonchev–Trinajstić information content (AvgIpc) is 2.90. The number of rotatable bonds is 5. The maximum absolute atomic E-state index is 13.4. The highest BCUT2D eigenvalue weighted by atomic mass is 16.5. The number of carbonyl (C=O) groups excluding carboxylic acids is 4. The van der Waals surface area contributed by atoms with E-state index >= 15 is 0 Å². The molecule has 10 heteroatoms. The van der Waals surface area contributed by atoms with Crippen molar-refractivity contribution in [2.75, 3.05) is 13.7 Å². The molecule has 2 atom stereocenters. The number of phenols is 1. The van der Waals surface area contributed by atoms with E-state index in [0.29, 0.717) is 55.4 Å². The second-order valence-electron chi connectivity index (χ2n) is 9.94. The number of carbonyl (C=O) groups is 4. The van der Waals surface area contributed by atoms with Crippen molar-refractivity contribution in [2.24, 2.45) is 5.73 Å². The third-order valence-electron chi connectivity index (χ3n) is 6.94. The second kappa shape index (κ2) is 12.7. The summed E-state index contributed by atoms with van der Waals surface area (Å²) in [6.45, 7) is 1.41. The number of nitrogens with two attached hydrogens (primary N) is 1. The lowest BCUT2D eigenvalue weighted by molar-refractivity contribution is -0.135. The molecule has 10 nitrogen and oxygen atoms in total. The first-order valence-corrected chi connectivity index (χ1v) is 13.3. The zero-order chi connectivity index (χ0) is 28.8. The number of methoxy groups -OCH3 is 1. The Bertz CT molecular complexity index is 1350. The molecule has 0 bridgehead atoms. The van der Waals surface area contributed by atoms with Crippen LogP contribution in [0.2, 0.25) is 0 Å². The molecular weight excluding hydrogens is 518 g/mol. The third-order valence-corrected chi connectivity index (χ3v) is 6.94. The molecule has 2 aliphatic heterocycles. The predicted octanol–water partition coefficient (Wildman–Crippen LogP) is 4.19. The third kappa shape index (κ3) is 6.62. The fourth-order valence-corrected chi connectivity index (χ4v) is 4.97. The van der Waals surface area contributed by atoms with E-state index in [9.17, 15) is 24.3 Å². The van der Waals surface area contributed by atoms with Crippen LogP contribution >= 0.6 is 0 Å². The lowest BCUT2D eigenvalue weighted by atomic mass is 9.83. The summed E-state index contributed by atoms with van der Waals surface area (Å²) in [5, 5.41) is 11.5. The zero-order valence-corrected chi connectivity index (χ0v) is 22.6. The first-order chi connectivity index (χ1) is 19.2. The van der Waals surface area contributed by atoms with Gasteiger partial charge in [0.2, 0.25) is 0 Å². The van der Waals surface area contributed by atoms with Crippen LogP contribution in [0.4, 0.5) is 0 Å². The Kier molecular flexibility index (Phi) is 9.08. The summed E-state index contributed by atoms with van der Waals surface area (Å²) < 4.78 is 22.0. The number of ketones is 1. The van der Waals surface area contributed by atoms with Gasteiger partial charge in [0.1, 0.15) is 22.8 Å². The summed E-state index contributed by atoms with van der Waals surface area (Å²) in [5.74, 6) is -1.98.